The molecular formula is C18H34IN5. The second-order valence-corrected chi connectivity index (χ2v) is 8.01. The standard InChI is InChI=1S/C18H33N5.HI/c1-7-19-17(20-12-18(4,5)6)21-15-9-8-14-11-23(13(2)3)22-16(14)10-15;/h11,13,15H,7-10,12H2,1-6H3,(H2,19,20,21);1H. The van der Waals surface area contributed by atoms with E-state index in [1.54, 1.807) is 0 Å². The van der Waals surface area contributed by atoms with Gasteiger partial charge in [0.1, 0.15) is 0 Å². The predicted octanol–water partition coefficient (Wildman–Crippen LogP) is 3.54. The van der Waals surface area contributed by atoms with Crippen molar-refractivity contribution >= 4 is 29.9 Å². The number of hydrogen-bond donors (Lipinski definition) is 2. The van der Waals surface area contributed by atoms with E-state index in [0.717, 1.165) is 38.3 Å². The third-order valence-corrected chi connectivity index (χ3v) is 4.02. The molecule has 0 aromatic carbocycles. The van der Waals surface area contributed by atoms with Gasteiger partial charge in [0.25, 0.3) is 0 Å². The highest BCUT2D eigenvalue weighted by Gasteiger charge is 2.23. The average molecular weight is 447 g/mol. The number of halogens is 1. The van der Waals surface area contributed by atoms with E-state index in [0.29, 0.717) is 12.1 Å². The van der Waals surface area contributed by atoms with Crippen molar-refractivity contribution in [3.05, 3.63) is 17.5 Å². The van der Waals surface area contributed by atoms with Crippen LogP contribution in [0.25, 0.3) is 0 Å². The maximum atomic E-state index is 4.76. The molecule has 1 heterocycles. The Kier molecular flexibility index (Phi) is 8.02. The summed E-state index contributed by atoms with van der Waals surface area (Å²) in [5.74, 6) is 0.930. The number of aliphatic imine (C=N–C) groups is 1. The molecule has 1 unspecified atom stereocenters. The lowest BCUT2D eigenvalue weighted by atomic mass is 9.94. The molecule has 1 aliphatic carbocycles. The Morgan fingerprint density at radius 1 is 1.42 bits per heavy atom. The van der Waals surface area contributed by atoms with Gasteiger partial charge in [-0.3, -0.25) is 9.67 Å². The number of rotatable bonds is 4. The van der Waals surface area contributed by atoms with Crippen molar-refractivity contribution in [1.29, 1.82) is 0 Å². The van der Waals surface area contributed by atoms with Crippen molar-refractivity contribution in [2.75, 3.05) is 13.1 Å². The second kappa shape index (κ2) is 9.06. The Balaban J connectivity index is 0.00000288. The number of aryl methyl sites for hydroxylation is 1. The second-order valence-electron chi connectivity index (χ2n) is 8.01. The van der Waals surface area contributed by atoms with E-state index in [-0.39, 0.29) is 29.4 Å². The zero-order chi connectivity index (χ0) is 17.0. The van der Waals surface area contributed by atoms with Gasteiger partial charge in [0.05, 0.1) is 5.69 Å². The molecule has 2 N–H and O–H groups in total. The first-order valence-electron chi connectivity index (χ1n) is 8.90. The summed E-state index contributed by atoms with van der Waals surface area (Å²) < 4.78 is 2.09. The Labute approximate surface area is 164 Å². The van der Waals surface area contributed by atoms with Crippen LogP contribution in [0.1, 0.15) is 65.3 Å². The zero-order valence-corrected chi connectivity index (χ0v) is 18.3. The van der Waals surface area contributed by atoms with Gasteiger partial charge in [-0.05, 0) is 44.6 Å². The van der Waals surface area contributed by atoms with Crippen molar-refractivity contribution in [1.82, 2.24) is 20.4 Å². The Morgan fingerprint density at radius 2 is 2.12 bits per heavy atom. The van der Waals surface area contributed by atoms with Crippen LogP contribution in [0.3, 0.4) is 0 Å². The van der Waals surface area contributed by atoms with Gasteiger partial charge in [-0.25, -0.2) is 0 Å². The number of aromatic nitrogens is 2. The molecule has 6 heteroatoms. The van der Waals surface area contributed by atoms with Crippen LogP contribution in [0.15, 0.2) is 11.2 Å². The summed E-state index contributed by atoms with van der Waals surface area (Å²) in [4.78, 5) is 4.74. The summed E-state index contributed by atoms with van der Waals surface area (Å²) in [6.45, 7) is 14.8. The number of fused-ring (bicyclic) bond motifs is 1. The lowest BCUT2D eigenvalue weighted by Gasteiger charge is -2.25. The molecule has 2 rings (SSSR count). The maximum absolute atomic E-state index is 4.76. The lowest BCUT2D eigenvalue weighted by Crippen LogP contribution is -2.46. The molecule has 1 aromatic heterocycles. The zero-order valence-electron chi connectivity index (χ0n) is 16.0. The van der Waals surface area contributed by atoms with Gasteiger partial charge in [0.15, 0.2) is 5.96 Å². The molecule has 1 aromatic rings. The fraction of sp³-hybridized carbons (Fsp3) is 0.778. The van der Waals surface area contributed by atoms with E-state index >= 15 is 0 Å². The van der Waals surface area contributed by atoms with Crippen LogP contribution in [0.2, 0.25) is 0 Å². The third kappa shape index (κ3) is 6.26. The first kappa shape index (κ1) is 21.3. The van der Waals surface area contributed by atoms with Crippen molar-refractivity contribution in [2.45, 2.75) is 72.9 Å². The highest BCUT2D eigenvalue weighted by Crippen LogP contribution is 2.21. The van der Waals surface area contributed by atoms with Gasteiger partial charge in [-0.15, -0.1) is 24.0 Å². The first-order chi connectivity index (χ1) is 10.8. The molecule has 0 amide bonds. The molecule has 0 bridgehead atoms. The van der Waals surface area contributed by atoms with Gasteiger partial charge < -0.3 is 10.6 Å². The van der Waals surface area contributed by atoms with Crippen LogP contribution in [0.5, 0.6) is 0 Å². The quantitative estimate of drug-likeness (QED) is 0.422. The summed E-state index contributed by atoms with van der Waals surface area (Å²) in [5, 5.41) is 11.7. The summed E-state index contributed by atoms with van der Waals surface area (Å²) in [5.41, 5.74) is 2.86. The Bertz CT molecular complexity index is 542. The van der Waals surface area contributed by atoms with Crippen molar-refractivity contribution in [3.63, 3.8) is 0 Å². The minimum Gasteiger partial charge on any atom is -0.357 e. The molecule has 1 atom stereocenters. The highest BCUT2D eigenvalue weighted by molar-refractivity contribution is 14.0. The first-order valence-corrected chi connectivity index (χ1v) is 8.90. The number of nitrogens with one attached hydrogen (secondary N) is 2. The van der Waals surface area contributed by atoms with Crippen LogP contribution >= 0.6 is 24.0 Å². The maximum Gasteiger partial charge on any atom is 0.191 e. The fourth-order valence-corrected chi connectivity index (χ4v) is 2.73. The lowest BCUT2D eigenvalue weighted by molar-refractivity contribution is 0.426. The molecular weight excluding hydrogens is 413 g/mol. The SMILES string of the molecule is CCNC(=NCC(C)(C)C)NC1CCc2cn(C(C)C)nc2C1.I. The summed E-state index contributed by atoms with van der Waals surface area (Å²) in [6.07, 6.45) is 5.43. The Hall–Kier alpha value is -0.790. The smallest absolute Gasteiger partial charge is 0.191 e. The van der Waals surface area contributed by atoms with Crippen LogP contribution in [-0.2, 0) is 12.8 Å². The molecule has 0 radical (unpaired) electrons. The average Bonchev–Trinajstić information content (AvgIpc) is 2.87. The minimum absolute atomic E-state index is 0. The van der Waals surface area contributed by atoms with E-state index in [1.807, 2.05) is 0 Å². The van der Waals surface area contributed by atoms with Gasteiger partial charge in [-0.2, -0.15) is 5.10 Å². The van der Waals surface area contributed by atoms with Crippen LogP contribution < -0.4 is 10.6 Å². The monoisotopic (exact) mass is 447 g/mol. The Morgan fingerprint density at radius 3 is 2.71 bits per heavy atom. The summed E-state index contributed by atoms with van der Waals surface area (Å²) in [7, 11) is 0. The molecule has 138 valence electrons. The summed E-state index contributed by atoms with van der Waals surface area (Å²) >= 11 is 0. The van der Waals surface area contributed by atoms with Crippen molar-refractivity contribution in [2.24, 2.45) is 10.4 Å². The molecule has 0 spiro atoms. The minimum atomic E-state index is 0. The fourth-order valence-electron chi connectivity index (χ4n) is 2.73. The van der Waals surface area contributed by atoms with E-state index in [2.05, 4.69) is 63.1 Å². The third-order valence-electron chi connectivity index (χ3n) is 4.02. The molecule has 5 nitrogen and oxygen atoms in total. The molecule has 24 heavy (non-hydrogen) atoms. The number of guanidine groups is 1. The predicted molar refractivity (Wildman–Crippen MR) is 112 cm³/mol. The van der Waals surface area contributed by atoms with Crippen molar-refractivity contribution < 1.29 is 0 Å². The number of hydrogen-bond acceptors (Lipinski definition) is 2. The van der Waals surface area contributed by atoms with Crippen LogP contribution in [0, 0.1) is 5.41 Å². The van der Waals surface area contributed by atoms with E-state index in [1.165, 1.54) is 11.3 Å². The van der Waals surface area contributed by atoms with Gasteiger partial charge in [0, 0.05) is 37.8 Å². The van der Waals surface area contributed by atoms with E-state index in [4.69, 9.17) is 10.1 Å². The van der Waals surface area contributed by atoms with Crippen molar-refractivity contribution in [3.8, 4) is 0 Å². The largest absolute Gasteiger partial charge is 0.357 e. The van der Waals surface area contributed by atoms with Gasteiger partial charge in [0.2, 0.25) is 0 Å². The molecule has 0 saturated carbocycles. The van der Waals surface area contributed by atoms with E-state index in [9.17, 15) is 0 Å². The van der Waals surface area contributed by atoms with Crippen LogP contribution in [-0.4, -0.2) is 34.9 Å². The van der Waals surface area contributed by atoms with Gasteiger partial charge in [-0.1, -0.05) is 20.8 Å². The van der Waals surface area contributed by atoms with Gasteiger partial charge >= 0.3 is 0 Å². The normalized spacial score (nSPS) is 18.1. The topological polar surface area (TPSA) is 54.2 Å². The molecule has 0 aliphatic heterocycles. The molecule has 0 saturated heterocycles. The van der Waals surface area contributed by atoms with E-state index < -0.39 is 0 Å². The van der Waals surface area contributed by atoms with Crippen LogP contribution in [0.4, 0.5) is 0 Å². The molecule has 0 fully saturated rings. The highest BCUT2D eigenvalue weighted by atomic mass is 127. The summed E-state index contributed by atoms with van der Waals surface area (Å²) in [6, 6.07) is 0.841. The molecule has 1 aliphatic rings. The number of nitrogens with zero attached hydrogens (tertiary/aromatic N) is 3.